The van der Waals surface area contributed by atoms with Crippen molar-refractivity contribution in [3.05, 3.63) is 29.1 Å². The summed E-state index contributed by atoms with van der Waals surface area (Å²) >= 11 is 0. The van der Waals surface area contributed by atoms with Crippen molar-refractivity contribution in [2.45, 2.75) is 58.5 Å². The molecular weight excluding hydrogens is 269 g/mol. The normalized spacial score (nSPS) is 17.0. The molecule has 0 spiro atoms. The Morgan fingerprint density at radius 3 is 2.76 bits per heavy atom. The number of benzene rings is 1. The molecule has 2 atom stereocenters. The second-order valence-corrected chi connectivity index (χ2v) is 5.83. The lowest BCUT2D eigenvalue weighted by Gasteiger charge is -2.25. The number of carbonyl (C=O) groups is 1. The minimum atomic E-state index is -0.774. The van der Waals surface area contributed by atoms with E-state index < -0.39 is 11.9 Å². The zero-order valence-electron chi connectivity index (χ0n) is 12.8. The number of hydrogen-bond acceptors (Lipinski definition) is 2. The van der Waals surface area contributed by atoms with Crippen molar-refractivity contribution in [2.75, 3.05) is 5.32 Å². The molecular formula is C17H24FNO2. The van der Waals surface area contributed by atoms with Gasteiger partial charge in [-0.1, -0.05) is 33.1 Å². The van der Waals surface area contributed by atoms with E-state index in [0.29, 0.717) is 24.1 Å². The third kappa shape index (κ3) is 3.62. The van der Waals surface area contributed by atoms with E-state index in [9.17, 15) is 14.3 Å². The van der Waals surface area contributed by atoms with Crippen molar-refractivity contribution >= 4 is 11.6 Å². The number of nitrogens with one attached hydrogen (secondary N) is 1. The van der Waals surface area contributed by atoms with Gasteiger partial charge in [0.2, 0.25) is 5.91 Å². The molecule has 1 aromatic rings. The molecule has 1 amide bonds. The average molecular weight is 293 g/mol. The summed E-state index contributed by atoms with van der Waals surface area (Å²) in [5.41, 5.74) is 1.82. The van der Waals surface area contributed by atoms with Crippen LogP contribution in [-0.4, -0.2) is 11.0 Å². The Kier molecular flexibility index (Phi) is 5.34. The lowest BCUT2D eigenvalue weighted by atomic mass is 9.87. The molecule has 1 aliphatic heterocycles. The Bertz CT molecular complexity index is 516. The van der Waals surface area contributed by atoms with Gasteiger partial charge in [-0.15, -0.1) is 0 Å². The maximum Gasteiger partial charge on any atom is 0.224 e. The van der Waals surface area contributed by atoms with Gasteiger partial charge < -0.3 is 10.4 Å². The zero-order valence-corrected chi connectivity index (χ0v) is 12.8. The molecule has 116 valence electrons. The molecule has 0 radical (unpaired) electrons. The third-order valence-electron chi connectivity index (χ3n) is 4.34. The maximum atomic E-state index is 14.3. The van der Waals surface area contributed by atoms with Crippen LogP contribution in [0.15, 0.2) is 12.1 Å². The van der Waals surface area contributed by atoms with Crippen molar-refractivity contribution in [3.8, 4) is 0 Å². The highest BCUT2D eigenvalue weighted by molar-refractivity contribution is 5.93. The van der Waals surface area contributed by atoms with Crippen LogP contribution in [0.4, 0.5) is 10.1 Å². The highest BCUT2D eigenvalue weighted by atomic mass is 19.1. The summed E-state index contributed by atoms with van der Waals surface area (Å²) in [4.78, 5) is 11.3. The molecule has 0 bridgehead atoms. The Hall–Kier alpha value is -1.42. The summed E-state index contributed by atoms with van der Waals surface area (Å²) < 4.78 is 14.3. The van der Waals surface area contributed by atoms with E-state index in [2.05, 4.69) is 12.2 Å². The quantitative estimate of drug-likeness (QED) is 0.834. The molecule has 0 fully saturated rings. The highest BCUT2D eigenvalue weighted by Gasteiger charge is 2.25. The number of aliphatic hydroxyl groups excluding tert-OH is 1. The number of amides is 1. The molecule has 2 unspecified atom stereocenters. The predicted octanol–water partition coefficient (Wildman–Crippen LogP) is 3.96. The smallest absolute Gasteiger partial charge is 0.224 e. The molecule has 3 nitrogen and oxygen atoms in total. The van der Waals surface area contributed by atoms with E-state index >= 15 is 0 Å². The number of anilines is 1. The minimum absolute atomic E-state index is 0.0791. The van der Waals surface area contributed by atoms with Gasteiger partial charge in [-0.25, -0.2) is 4.39 Å². The van der Waals surface area contributed by atoms with Crippen molar-refractivity contribution in [3.63, 3.8) is 0 Å². The van der Waals surface area contributed by atoms with Crippen LogP contribution >= 0.6 is 0 Å². The maximum absolute atomic E-state index is 14.3. The predicted molar refractivity (Wildman–Crippen MR) is 81.6 cm³/mol. The van der Waals surface area contributed by atoms with Crippen LogP contribution in [-0.2, 0) is 11.2 Å². The van der Waals surface area contributed by atoms with E-state index in [1.165, 1.54) is 6.07 Å². The van der Waals surface area contributed by atoms with Crippen molar-refractivity contribution < 1.29 is 14.3 Å². The van der Waals surface area contributed by atoms with Gasteiger partial charge >= 0.3 is 0 Å². The molecule has 1 aliphatic rings. The molecule has 0 saturated heterocycles. The highest BCUT2D eigenvalue weighted by Crippen LogP contribution is 2.34. The van der Waals surface area contributed by atoms with Gasteiger partial charge in [0.1, 0.15) is 5.82 Å². The van der Waals surface area contributed by atoms with Crippen molar-refractivity contribution in [2.24, 2.45) is 5.92 Å². The first-order chi connectivity index (χ1) is 10.1. The number of halogens is 1. The molecule has 1 aromatic carbocycles. The number of aryl methyl sites for hydroxylation is 1. The number of carbonyl (C=O) groups excluding carboxylic acids is 1. The van der Waals surface area contributed by atoms with Gasteiger partial charge in [-0.2, -0.15) is 0 Å². The van der Waals surface area contributed by atoms with Gasteiger partial charge in [0.05, 0.1) is 6.10 Å². The molecule has 0 aromatic heterocycles. The van der Waals surface area contributed by atoms with Crippen molar-refractivity contribution in [1.29, 1.82) is 0 Å². The lowest BCUT2D eigenvalue weighted by Crippen LogP contribution is -2.21. The number of hydrogen-bond donors (Lipinski definition) is 2. The SMILES string of the molecule is CCCCC(CC)C(O)c1cc2c(cc1F)NC(=O)CC2. The summed E-state index contributed by atoms with van der Waals surface area (Å²) in [6, 6.07) is 3.07. The number of fused-ring (bicyclic) bond motifs is 1. The number of rotatable bonds is 6. The molecule has 1 heterocycles. The van der Waals surface area contributed by atoms with Gasteiger partial charge in [0.15, 0.2) is 0 Å². The molecule has 0 saturated carbocycles. The van der Waals surface area contributed by atoms with Crippen LogP contribution in [0.1, 0.15) is 63.2 Å². The van der Waals surface area contributed by atoms with Gasteiger partial charge in [-0.3, -0.25) is 4.79 Å². The first kappa shape index (κ1) is 16.0. The molecule has 4 heteroatoms. The largest absolute Gasteiger partial charge is 0.388 e. The minimum Gasteiger partial charge on any atom is -0.388 e. The van der Waals surface area contributed by atoms with Gasteiger partial charge in [-0.05, 0) is 36.5 Å². The van der Waals surface area contributed by atoms with E-state index in [0.717, 1.165) is 31.2 Å². The fourth-order valence-electron chi connectivity index (χ4n) is 2.95. The summed E-state index contributed by atoms with van der Waals surface area (Å²) in [5.74, 6) is -0.432. The lowest BCUT2D eigenvalue weighted by molar-refractivity contribution is -0.116. The fourth-order valence-corrected chi connectivity index (χ4v) is 2.95. The number of unbranched alkanes of at least 4 members (excludes halogenated alkanes) is 1. The molecule has 21 heavy (non-hydrogen) atoms. The van der Waals surface area contributed by atoms with E-state index in [-0.39, 0.29) is 11.8 Å². The zero-order chi connectivity index (χ0) is 15.4. The van der Waals surface area contributed by atoms with Crippen LogP contribution in [0.2, 0.25) is 0 Å². The Morgan fingerprint density at radius 1 is 1.33 bits per heavy atom. The fraction of sp³-hybridized carbons (Fsp3) is 0.588. The summed E-state index contributed by atoms with van der Waals surface area (Å²) in [5, 5.41) is 13.2. The van der Waals surface area contributed by atoms with Crippen LogP contribution in [0.25, 0.3) is 0 Å². The second-order valence-electron chi connectivity index (χ2n) is 5.83. The molecule has 2 N–H and O–H groups in total. The van der Waals surface area contributed by atoms with Crippen LogP contribution < -0.4 is 5.32 Å². The monoisotopic (exact) mass is 293 g/mol. The third-order valence-corrected chi connectivity index (χ3v) is 4.34. The summed E-state index contributed by atoms with van der Waals surface area (Å²) in [7, 11) is 0. The van der Waals surface area contributed by atoms with Crippen LogP contribution in [0.5, 0.6) is 0 Å². The van der Waals surface area contributed by atoms with E-state index in [4.69, 9.17) is 0 Å². The first-order valence-corrected chi connectivity index (χ1v) is 7.87. The summed E-state index contributed by atoms with van der Waals surface area (Å²) in [6.07, 6.45) is 4.09. The molecule has 2 rings (SSSR count). The Balaban J connectivity index is 2.24. The van der Waals surface area contributed by atoms with E-state index in [1.807, 2.05) is 6.92 Å². The van der Waals surface area contributed by atoms with Crippen molar-refractivity contribution in [1.82, 2.24) is 0 Å². The Morgan fingerprint density at radius 2 is 2.10 bits per heavy atom. The second kappa shape index (κ2) is 7.03. The standard InChI is InChI=1S/C17H24FNO2/c1-3-5-6-11(4-2)17(21)13-9-12-7-8-16(20)19-15(12)10-14(13)18/h9-11,17,21H,3-8H2,1-2H3,(H,19,20). The van der Waals surface area contributed by atoms with Crippen LogP contribution in [0, 0.1) is 11.7 Å². The average Bonchev–Trinajstić information content (AvgIpc) is 2.47. The number of aliphatic hydroxyl groups is 1. The van der Waals surface area contributed by atoms with E-state index in [1.54, 1.807) is 6.07 Å². The molecule has 0 aliphatic carbocycles. The topological polar surface area (TPSA) is 49.3 Å². The summed E-state index contributed by atoms with van der Waals surface area (Å²) in [6.45, 7) is 4.14. The Labute approximate surface area is 125 Å². The van der Waals surface area contributed by atoms with Crippen LogP contribution in [0.3, 0.4) is 0 Å². The first-order valence-electron chi connectivity index (χ1n) is 7.87. The van der Waals surface area contributed by atoms with Gasteiger partial charge in [0, 0.05) is 17.7 Å². The van der Waals surface area contributed by atoms with Gasteiger partial charge in [0.25, 0.3) is 0 Å².